The summed E-state index contributed by atoms with van der Waals surface area (Å²) < 4.78 is 0. The van der Waals surface area contributed by atoms with Crippen molar-refractivity contribution in [1.29, 1.82) is 0 Å². The Balaban J connectivity index is 1.74. The van der Waals surface area contributed by atoms with Crippen LogP contribution in [0.2, 0.25) is 5.02 Å². The quantitative estimate of drug-likeness (QED) is 0.385. The van der Waals surface area contributed by atoms with E-state index in [0.717, 1.165) is 5.02 Å². The minimum Gasteiger partial charge on any atom is -0.312 e. The Morgan fingerprint density at radius 2 is 1.33 bits per heavy atom. The molecule has 4 aromatic rings. The maximum atomic E-state index is 6.66. The van der Waals surface area contributed by atoms with Crippen LogP contribution in [0, 0.1) is 0 Å². The third-order valence-corrected chi connectivity index (χ3v) is 6.06. The molecule has 0 fully saturated rings. The van der Waals surface area contributed by atoms with Crippen molar-refractivity contribution in [3.8, 4) is 11.1 Å². The maximum absolute atomic E-state index is 6.66. The molecule has 6 rings (SSSR count). The van der Waals surface area contributed by atoms with Gasteiger partial charge in [-0.1, -0.05) is 77.7 Å². The van der Waals surface area contributed by atoms with Gasteiger partial charge in [-0.25, -0.2) is 0 Å². The number of hydrogen-bond acceptors (Lipinski definition) is 1. The van der Waals surface area contributed by atoms with Gasteiger partial charge in [-0.05, 0) is 52.4 Å². The van der Waals surface area contributed by atoms with Crippen LogP contribution in [0.15, 0.2) is 91.0 Å². The van der Waals surface area contributed by atoms with Crippen LogP contribution in [0.5, 0.6) is 0 Å². The van der Waals surface area contributed by atoms with Crippen LogP contribution in [-0.4, -0.2) is 6.71 Å². The summed E-state index contributed by atoms with van der Waals surface area (Å²) in [4.78, 5) is 2.38. The van der Waals surface area contributed by atoms with Crippen molar-refractivity contribution in [3.05, 3.63) is 96.0 Å². The summed E-state index contributed by atoms with van der Waals surface area (Å²) in [6, 6.07) is 32.2. The molecule has 4 aromatic carbocycles. The van der Waals surface area contributed by atoms with Gasteiger partial charge in [-0.2, -0.15) is 0 Å². The molecule has 1 nitrogen and oxygen atoms in total. The van der Waals surface area contributed by atoms with Gasteiger partial charge in [0, 0.05) is 22.1 Å². The Morgan fingerprint density at radius 1 is 0.630 bits per heavy atom. The average molecular weight is 364 g/mol. The van der Waals surface area contributed by atoms with Gasteiger partial charge in [0.25, 0.3) is 0 Å². The minimum absolute atomic E-state index is 0.237. The Bertz CT molecular complexity index is 1200. The molecule has 0 bridgehead atoms. The highest BCUT2D eigenvalue weighted by atomic mass is 35.5. The van der Waals surface area contributed by atoms with Gasteiger partial charge in [-0.15, -0.1) is 0 Å². The van der Waals surface area contributed by atoms with Crippen LogP contribution < -0.4 is 21.3 Å². The van der Waals surface area contributed by atoms with Gasteiger partial charge in [0.2, 0.25) is 6.71 Å². The first-order valence-corrected chi connectivity index (χ1v) is 9.58. The van der Waals surface area contributed by atoms with Gasteiger partial charge in [0.15, 0.2) is 0 Å². The van der Waals surface area contributed by atoms with Crippen molar-refractivity contribution >= 4 is 51.8 Å². The van der Waals surface area contributed by atoms with Crippen LogP contribution in [-0.2, 0) is 0 Å². The Morgan fingerprint density at radius 3 is 2.22 bits per heavy atom. The normalized spacial score (nSPS) is 13.2. The number of nitrogens with zero attached hydrogens (tertiary/aromatic N) is 1. The topological polar surface area (TPSA) is 3.24 Å². The molecule has 0 unspecified atom stereocenters. The van der Waals surface area contributed by atoms with Crippen molar-refractivity contribution in [2.45, 2.75) is 0 Å². The lowest BCUT2D eigenvalue weighted by atomic mass is 9.37. The molecule has 2 aliphatic rings. The zero-order chi connectivity index (χ0) is 18.0. The first kappa shape index (κ1) is 15.1. The van der Waals surface area contributed by atoms with Gasteiger partial charge >= 0.3 is 0 Å². The summed E-state index contributed by atoms with van der Waals surface area (Å²) in [5.41, 5.74) is 10.1. The molecule has 0 amide bonds. The standard InChI is InChI=1S/C24H15BClN/c26-20-13-7-12-19-23(20)17-10-6-15-22-24(17)25(19)18-11-4-5-14-21(18)27(22)16-8-2-1-3-9-16/h1-15H. The molecular formula is C24H15BClN. The fourth-order valence-corrected chi connectivity index (χ4v) is 5.02. The molecule has 0 aromatic heterocycles. The first-order chi connectivity index (χ1) is 13.3. The monoisotopic (exact) mass is 363 g/mol. The second-order valence-electron chi connectivity index (χ2n) is 7.11. The highest BCUT2D eigenvalue weighted by Gasteiger charge is 2.42. The predicted molar refractivity (Wildman–Crippen MR) is 116 cm³/mol. The highest BCUT2D eigenvalue weighted by molar-refractivity contribution is 7.01. The zero-order valence-corrected chi connectivity index (χ0v) is 15.3. The van der Waals surface area contributed by atoms with Gasteiger partial charge < -0.3 is 4.90 Å². The van der Waals surface area contributed by atoms with E-state index in [1.165, 1.54) is 44.6 Å². The fraction of sp³-hybridized carbons (Fsp3) is 0. The second-order valence-corrected chi connectivity index (χ2v) is 7.51. The van der Waals surface area contributed by atoms with Crippen LogP contribution in [0.25, 0.3) is 11.1 Å². The van der Waals surface area contributed by atoms with Crippen LogP contribution >= 0.6 is 11.6 Å². The van der Waals surface area contributed by atoms with E-state index in [-0.39, 0.29) is 6.71 Å². The van der Waals surface area contributed by atoms with Crippen molar-refractivity contribution in [2.24, 2.45) is 0 Å². The Labute approximate surface area is 163 Å². The van der Waals surface area contributed by atoms with E-state index in [1.54, 1.807) is 0 Å². The van der Waals surface area contributed by atoms with E-state index in [0.29, 0.717) is 0 Å². The molecule has 0 saturated heterocycles. The van der Waals surface area contributed by atoms with Gasteiger partial charge in [0.1, 0.15) is 0 Å². The van der Waals surface area contributed by atoms with E-state index in [2.05, 4.69) is 89.8 Å². The fourth-order valence-electron chi connectivity index (χ4n) is 4.73. The third kappa shape index (κ3) is 1.96. The average Bonchev–Trinajstić information content (AvgIpc) is 3.06. The Hall–Kier alpha value is -2.97. The smallest absolute Gasteiger partial charge is 0.248 e. The van der Waals surface area contributed by atoms with E-state index in [9.17, 15) is 0 Å². The summed E-state index contributed by atoms with van der Waals surface area (Å²) in [5.74, 6) is 0. The lowest BCUT2D eigenvalue weighted by Gasteiger charge is -2.35. The van der Waals surface area contributed by atoms with Crippen molar-refractivity contribution < 1.29 is 0 Å². The molecule has 2 heterocycles. The first-order valence-electron chi connectivity index (χ1n) is 9.20. The minimum atomic E-state index is 0.237. The van der Waals surface area contributed by atoms with E-state index in [4.69, 9.17) is 11.6 Å². The third-order valence-electron chi connectivity index (χ3n) is 5.74. The molecule has 0 aliphatic carbocycles. The molecule has 0 atom stereocenters. The summed E-state index contributed by atoms with van der Waals surface area (Å²) in [6.07, 6.45) is 0. The number of hydrogen-bond donors (Lipinski definition) is 0. The SMILES string of the molecule is Clc1cccc2c1-c1cccc3c1B2c1ccccc1N3c1ccccc1. The zero-order valence-electron chi connectivity index (χ0n) is 14.6. The molecule has 126 valence electrons. The van der Waals surface area contributed by atoms with Gasteiger partial charge in [0.05, 0.1) is 0 Å². The number of anilines is 3. The summed E-state index contributed by atoms with van der Waals surface area (Å²) in [6.45, 7) is 0.237. The number of rotatable bonds is 1. The van der Waals surface area contributed by atoms with Crippen LogP contribution in [0.4, 0.5) is 17.1 Å². The van der Waals surface area contributed by atoms with Crippen molar-refractivity contribution in [2.75, 3.05) is 4.90 Å². The molecule has 27 heavy (non-hydrogen) atoms. The molecule has 0 spiro atoms. The van der Waals surface area contributed by atoms with E-state index >= 15 is 0 Å². The summed E-state index contributed by atoms with van der Waals surface area (Å²) >= 11 is 6.66. The second kappa shape index (κ2) is 5.51. The van der Waals surface area contributed by atoms with Crippen LogP contribution in [0.3, 0.4) is 0 Å². The van der Waals surface area contributed by atoms with E-state index < -0.39 is 0 Å². The number of halogens is 1. The number of benzene rings is 4. The molecule has 0 N–H and O–H groups in total. The lowest BCUT2D eigenvalue weighted by Crippen LogP contribution is -2.54. The lowest BCUT2D eigenvalue weighted by molar-refractivity contribution is 1.30. The van der Waals surface area contributed by atoms with Crippen molar-refractivity contribution in [1.82, 2.24) is 0 Å². The molecule has 2 aliphatic heterocycles. The maximum Gasteiger partial charge on any atom is 0.248 e. The summed E-state index contributed by atoms with van der Waals surface area (Å²) in [5, 5.41) is 0.832. The van der Waals surface area contributed by atoms with E-state index in [1.807, 2.05) is 6.07 Å². The molecule has 0 radical (unpaired) electrons. The predicted octanol–water partition coefficient (Wildman–Crippen LogP) is 4.62. The molecular weight excluding hydrogens is 349 g/mol. The van der Waals surface area contributed by atoms with Crippen molar-refractivity contribution in [3.63, 3.8) is 0 Å². The molecule has 0 saturated carbocycles. The number of para-hydroxylation sites is 2. The summed E-state index contributed by atoms with van der Waals surface area (Å²) in [7, 11) is 0. The number of fused-ring (bicyclic) bond motifs is 5. The highest BCUT2D eigenvalue weighted by Crippen LogP contribution is 2.41. The largest absolute Gasteiger partial charge is 0.312 e. The van der Waals surface area contributed by atoms with Crippen LogP contribution in [0.1, 0.15) is 0 Å². The Kier molecular flexibility index (Phi) is 3.09. The molecule has 3 heteroatoms. The van der Waals surface area contributed by atoms with Gasteiger partial charge in [-0.3, -0.25) is 0 Å².